The van der Waals surface area contributed by atoms with Gasteiger partial charge in [-0.05, 0) is 48.6 Å². The molecule has 0 bridgehead atoms. The fourth-order valence-corrected chi connectivity index (χ4v) is 3.70. The van der Waals surface area contributed by atoms with Gasteiger partial charge in [-0.15, -0.1) is 5.10 Å². The van der Waals surface area contributed by atoms with Gasteiger partial charge >= 0.3 is 0 Å². The number of hydrogen-bond acceptors (Lipinski definition) is 3. The summed E-state index contributed by atoms with van der Waals surface area (Å²) in [7, 11) is 2.14. The summed E-state index contributed by atoms with van der Waals surface area (Å²) in [6.07, 6.45) is 3.52. The van der Waals surface area contributed by atoms with E-state index >= 15 is 0 Å². The lowest BCUT2D eigenvalue weighted by Crippen LogP contribution is -3.07. The van der Waals surface area contributed by atoms with Crippen molar-refractivity contribution >= 4 is 23.8 Å². The Balaban J connectivity index is 1.72. The molecule has 0 amide bonds. The quantitative estimate of drug-likeness (QED) is 0.480. The molecule has 2 aromatic carbocycles. The minimum atomic E-state index is 0.645. The predicted octanol–water partition coefficient (Wildman–Crippen LogP) is 3.79. The van der Waals surface area contributed by atoms with Crippen LogP contribution in [0, 0.1) is 4.77 Å². The SMILES string of the molecule is C[NH+](Cc1ccccc1)Cn1nc(-c2ccncc2)n(-c2ccc(Cl)cc2)c1=S. The first kappa shape index (κ1) is 19.5. The second-order valence-corrected chi connectivity index (χ2v) is 7.73. The van der Waals surface area contributed by atoms with Gasteiger partial charge in [-0.1, -0.05) is 41.9 Å². The molecule has 0 aliphatic heterocycles. The molecule has 2 aromatic heterocycles. The number of hydrogen-bond donors (Lipinski definition) is 1. The molecule has 0 fully saturated rings. The Morgan fingerprint density at radius 1 is 0.966 bits per heavy atom. The van der Waals surface area contributed by atoms with Crippen molar-refractivity contribution in [1.29, 1.82) is 0 Å². The molecule has 0 saturated carbocycles. The van der Waals surface area contributed by atoms with E-state index in [1.54, 1.807) is 12.4 Å². The third-order valence-corrected chi connectivity index (χ3v) is 5.28. The van der Waals surface area contributed by atoms with E-state index in [-0.39, 0.29) is 0 Å². The van der Waals surface area contributed by atoms with Gasteiger partial charge in [0, 0.05) is 28.5 Å². The fourth-order valence-electron chi connectivity index (χ4n) is 3.28. The van der Waals surface area contributed by atoms with Crippen LogP contribution in [0.3, 0.4) is 0 Å². The Morgan fingerprint density at radius 2 is 1.66 bits per heavy atom. The second kappa shape index (κ2) is 8.69. The molecule has 0 aliphatic rings. The molecule has 7 heteroatoms. The number of pyridine rings is 1. The zero-order chi connectivity index (χ0) is 20.2. The van der Waals surface area contributed by atoms with Crippen LogP contribution in [0.25, 0.3) is 17.1 Å². The van der Waals surface area contributed by atoms with E-state index in [1.165, 1.54) is 10.5 Å². The largest absolute Gasteiger partial charge is 0.315 e. The first-order chi connectivity index (χ1) is 14.1. The van der Waals surface area contributed by atoms with E-state index in [0.717, 1.165) is 23.6 Å². The van der Waals surface area contributed by atoms with Crippen molar-refractivity contribution in [3.63, 3.8) is 0 Å². The monoisotopic (exact) mass is 422 g/mol. The number of benzene rings is 2. The maximum Gasteiger partial charge on any atom is 0.207 e. The third-order valence-electron chi connectivity index (χ3n) is 4.63. The minimum absolute atomic E-state index is 0.645. The summed E-state index contributed by atoms with van der Waals surface area (Å²) in [6.45, 7) is 1.55. The maximum atomic E-state index is 6.08. The second-order valence-electron chi connectivity index (χ2n) is 6.93. The highest BCUT2D eigenvalue weighted by atomic mass is 35.5. The van der Waals surface area contributed by atoms with Crippen LogP contribution in [-0.4, -0.2) is 26.4 Å². The van der Waals surface area contributed by atoms with Gasteiger partial charge in [-0.2, -0.15) is 4.68 Å². The average molecular weight is 423 g/mol. The molecule has 4 rings (SSSR count). The summed E-state index contributed by atoms with van der Waals surface area (Å²) < 4.78 is 4.51. The Hall–Kier alpha value is -2.80. The van der Waals surface area contributed by atoms with Crippen LogP contribution in [0.4, 0.5) is 0 Å². The molecule has 29 heavy (non-hydrogen) atoms. The molecule has 4 aromatic rings. The number of halogens is 1. The van der Waals surface area contributed by atoms with Crippen LogP contribution < -0.4 is 4.90 Å². The summed E-state index contributed by atoms with van der Waals surface area (Å²) in [5.41, 5.74) is 3.17. The van der Waals surface area contributed by atoms with E-state index in [0.29, 0.717) is 16.5 Å². The molecular formula is C22H21ClN5S+. The van der Waals surface area contributed by atoms with Crippen molar-refractivity contribution in [3.8, 4) is 17.1 Å². The van der Waals surface area contributed by atoms with Crippen LogP contribution in [0.5, 0.6) is 0 Å². The van der Waals surface area contributed by atoms with E-state index in [9.17, 15) is 0 Å². The summed E-state index contributed by atoms with van der Waals surface area (Å²) in [5.74, 6) is 0.784. The lowest BCUT2D eigenvalue weighted by Gasteiger charge is -2.13. The highest BCUT2D eigenvalue weighted by Gasteiger charge is 2.16. The zero-order valence-corrected chi connectivity index (χ0v) is 17.6. The Kier molecular flexibility index (Phi) is 5.85. The van der Waals surface area contributed by atoms with Gasteiger partial charge in [0.1, 0.15) is 6.54 Å². The van der Waals surface area contributed by atoms with Gasteiger partial charge in [0.05, 0.1) is 12.7 Å². The molecule has 146 valence electrons. The maximum absolute atomic E-state index is 6.08. The lowest BCUT2D eigenvalue weighted by molar-refractivity contribution is -0.917. The van der Waals surface area contributed by atoms with Crippen molar-refractivity contribution in [2.45, 2.75) is 13.2 Å². The van der Waals surface area contributed by atoms with Crippen LogP contribution in [0.15, 0.2) is 79.1 Å². The zero-order valence-electron chi connectivity index (χ0n) is 16.0. The normalized spacial score (nSPS) is 12.1. The molecule has 5 nitrogen and oxygen atoms in total. The van der Waals surface area contributed by atoms with Gasteiger partial charge in [0.25, 0.3) is 0 Å². The molecule has 0 saturated heterocycles. The van der Waals surface area contributed by atoms with Crippen molar-refractivity contribution in [2.24, 2.45) is 0 Å². The summed E-state index contributed by atoms with van der Waals surface area (Å²) >= 11 is 11.9. The molecule has 2 heterocycles. The first-order valence-corrected chi connectivity index (χ1v) is 10.1. The van der Waals surface area contributed by atoms with Crippen LogP contribution in [0.1, 0.15) is 5.56 Å². The van der Waals surface area contributed by atoms with Crippen molar-refractivity contribution in [1.82, 2.24) is 19.3 Å². The molecule has 0 aliphatic carbocycles. The summed E-state index contributed by atoms with van der Waals surface area (Å²) in [4.78, 5) is 5.40. The highest BCUT2D eigenvalue weighted by molar-refractivity contribution is 7.71. The van der Waals surface area contributed by atoms with Crippen LogP contribution in [-0.2, 0) is 13.2 Å². The fraction of sp³-hybridized carbons (Fsp3) is 0.136. The van der Waals surface area contributed by atoms with Gasteiger partial charge < -0.3 is 4.90 Å². The number of nitrogens with one attached hydrogen (secondary N) is 1. The summed E-state index contributed by atoms with van der Waals surface area (Å²) in [6, 6.07) is 21.9. The molecule has 1 unspecified atom stereocenters. The third kappa shape index (κ3) is 4.45. The number of aromatic nitrogens is 4. The predicted molar refractivity (Wildman–Crippen MR) is 118 cm³/mol. The van der Waals surface area contributed by atoms with Gasteiger partial charge in [-0.25, -0.2) is 0 Å². The van der Waals surface area contributed by atoms with Crippen LogP contribution >= 0.6 is 23.8 Å². The van der Waals surface area contributed by atoms with Crippen molar-refractivity contribution in [2.75, 3.05) is 7.05 Å². The van der Waals surface area contributed by atoms with Crippen molar-refractivity contribution in [3.05, 3.63) is 94.5 Å². The molecule has 0 spiro atoms. The minimum Gasteiger partial charge on any atom is -0.315 e. The smallest absolute Gasteiger partial charge is 0.207 e. The van der Waals surface area contributed by atoms with E-state index in [1.807, 2.05) is 51.7 Å². The first-order valence-electron chi connectivity index (χ1n) is 9.33. The number of rotatable bonds is 6. The van der Waals surface area contributed by atoms with Crippen LogP contribution in [0.2, 0.25) is 5.02 Å². The number of nitrogens with zero attached hydrogens (tertiary/aromatic N) is 4. The van der Waals surface area contributed by atoms with Gasteiger partial charge in [-0.3, -0.25) is 9.55 Å². The van der Waals surface area contributed by atoms with Gasteiger partial charge in [0.15, 0.2) is 12.5 Å². The molecular weight excluding hydrogens is 402 g/mol. The Morgan fingerprint density at radius 3 is 2.34 bits per heavy atom. The molecule has 0 radical (unpaired) electrons. The van der Waals surface area contributed by atoms with Crippen molar-refractivity contribution < 1.29 is 4.90 Å². The summed E-state index contributed by atoms with van der Waals surface area (Å²) in [5, 5.41) is 5.54. The lowest BCUT2D eigenvalue weighted by atomic mass is 10.2. The Bertz CT molecular complexity index is 1140. The van der Waals surface area contributed by atoms with E-state index in [4.69, 9.17) is 28.9 Å². The molecule has 1 atom stereocenters. The van der Waals surface area contributed by atoms with E-state index < -0.39 is 0 Å². The number of quaternary nitrogens is 1. The topological polar surface area (TPSA) is 40.1 Å². The van der Waals surface area contributed by atoms with E-state index in [2.05, 4.69) is 36.3 Å². The standard InChI is InChI=1S/C22H20ClN5S/c1-26(15-17-5-3-2-4-6-17)16-27-22(29)28(20-9-7-19(23)8-10-20)21(25-27)18-11-13-24-14-12-18/h2-14H,15-16H2,1H3/p+1. The highest BCUT2D eigenvalue weighted by Crippen LogP contribution is 2.23. The molecule has 1 N–H and O–H groups in total. The van der Waals surface area contributed by atoms with Gasteiger partial charge in [0.2, 0.25) is 4.77 Å². The Labute approximate surface area is 179 Å². The average Bonchev–Trinajstić information content (AvgIpc) is 3.06.